The molecule has 0 saturated heterocycles. The lowest BCUT2D eigenvalue weighted by atomic mass is 10.0. The van der Waals surface area contributed by atoms with Crippen LogP contribution in [0.4, 0.5) is 0 Å². The maximum atomic E-state index is 10.8. The van der Waals surface area contributed by atoms with Gasteiger partial charge in [-0.05, 0) is 40.6 Å². The fourth-order valence-corrected chi connectivity index (χ4v) is 2.09. The topological polar surface area (TPSA) is 80.9 Å². The third-order valence-electron chi connectivity index (χ3n) is 3.11. The lowest BCUT2D eigenvalue weighted by Gasteiger charge is -2.13. The van der Waals surface area contributed by atoms with Gasteiger partial charge >= 0.3 is 5.97 Å². The van der Waals surface area contributed by atoms with Crippen molar-refractivity contribution in [2.45, 2.75) is 26.3 Å². The Morgan fingerprint density at radius 2 is 2.10 bits per heavy atom. The predicted molar refractivity (Wildman–Crippen MR) is 74.3 cm³/mol. The number of carboxylic acid groups (broad SMARTS) is 1. The second-order valence-corrected chi connectivity index (χ2v) is 5.00. The highest BCUT2D eigenvalue weighted by Gasteiger charge is 2.16. The predicted octanol–water partition coefficient (Wildman–Crippen LogP) is 2.49. The van der Waals surface area contributed by atoms with E-state index in [1.807, 2.05) is 19.1 Å². The van der Waals surface area contributed by atoms with Gasteiger partial charge < -0.3 is 5.11 Å². The van der Waals surface area contributed by atoms with Crippen molar-refractivity contribution in [2.24, 2.45) is 5.92 Å². The molecular weight excluding hydrogens is 280 g/mol. The largest absolute Gasteiger partial charge is 0.481 e. The van der Waals surface area contributed by atoms with Crippen LogP contribution < -0.4 is 0 Å². The van der Waals surface area contributed by atoms with E-state index in [2.05, 4.69) is 15.5 Å². The molecule has 0 aliphatic heterocycles. The fourth-order valence-electron chi connectivity index (χ4n) is 1.96. The van der Waals surface area contributed by atoms with Crippen molar-refractivity contribution in [3.05, 3.63) is 29.3 Å². The van der Waals surface area contributed by atoms with Gasteiger partial charge in [0.05, 0.1) is 0 Å². The molecular formula is C13H15ClN4O2. The molecule has 1 atom stereocenters. The molecule has 2 aromatic rings. The van der Waals surface area contributed by atoms with Gasteiger partial charge in [0.1, 0.15) is 0 Å². The number of aliphatic carboxylic acids is 1. The number of hydrogen-bond acceptors (Lipinski definition) is 4. The second kappa shape index (κ2) is 6.47. The molecule has 1 N–H and O–H groups in total. The van der Waals surface area contributed by atoms with Gasteiger partial charge in [0.15, 0.2) is 5.82 Å². The lowest BCUT2D eigenvalue weighted by molar-refractivity contribution is -0.138. The summed E-state index contributed by atoms with van der Waals surface area (Å²) in [6.07, 6.45) is 0.864. The zero-order valence-electron chi connectivity index (χ0n) is 11.0. The van der Waals surface area contributed by atoms with Gasteiger partial charge in [-0.15, -0.1) is 5.10 Å². The van der Waals surface area contributed by atoms with E-state index in [0.29, 0.717) is 17.4 Å². The molecule has 106 valence electrons. The summed E-state index contributed by atoms with van der Waals surface area (Å²) in [6, 6.07) is 7.21. The smallest absolute Gasteiger partial charge is 0.303 e. The number of tetrazole rings is 1. The highest BCUT2D eigenvalue weighted by Crippen LogP contribution is 2.20. The Bertz CT molecular complexity index is 582. The first-order chi connectivity index (χ1) is 9.60. The number of halogens is 1. The van der Waals surface area contributed by atoms with E-state index < -0.39 is 5.97 Å². The highest BCUT2D eigenvalue weighted by atomic mass is 35.5. The Morgan fingerprint density at radius 3 is 2.70 bits per heavy atom. The quantitative estimate of drug-likeness (QED) is 0.885. The van der Waals surface area contributed by atoms with E-state index in [1.165, 1.54) is 0 Å². The van der Waals surface area contributed by atoms with Crippen molar-refractivity contribution in [3.63, 3.8) is 0 Å². The van der Waals surface area contributed by atoms with Crippen LogP contribution >= 0.6 is 11.6 Å². The van der Waals surface area contributed by atoms with E-state index in [1.54, 1.807) is 16.8 Å². The zero-order chi connectivity index (χ0) is 14.5. The number of nitrogens with zero attached hydrogens (tertiary/aromatic N) is 4. The van der Waals surface area contributed by atoms with Gasteiger partial charge in [0.25, 0.3) is 0 Å². The molecule has 0 saturated carbocycles. The third-order valence-corrected chi connectivity index (χ3v) is 3.36. The van der Waals surface area contributed by atoms with Crippen molar-refractivity contribution in [2.75, 3.05) is 0 Å². The fraction of sp³-hybridized carbons (Fsp3) is 0.385. The first kappa shape index (κ1) is 14.5. The van der Waals surface area contributed by atoms with E-state index >= 15 is 0 Å². The van der Waals surface area contributed by atoms with Gasteiger partial charge in [0, 0.05) is 23.6 Å². The molecule has 1 unspecified atom stereocenters. The van der Waals surface area contributed by atoms with E-state index in [-0.39, 0.29) is 12.3 Å². The molecule has 1 aromatic carbocycles. The number of carbonyl (C=O) groups is 1. The SMILES string of the molecule is CCC(CC(=O)O)Cn1nnnc1-c1ccc(Cl)cc1. The van der Waals surface area contributed by atoms with Gasteiger partial charge in [-0.1, -0.05) is 24.9 Å². The second-order valence-electron chi connectivity index (χ2n) is 4.56. The Balaban J connectivity index is 2.19. The Hall–Kier alpha value is -1.95. The van der Waals surface area contributed by atoms with Crippen molar-refractivity contribution >= 4 is 17.6 Å². The van der Waals surface area contributed by atoms with E-state index in [9.17, 15) is 4.79 Å². The summed E-state index contributed by atoms with van der Waals surface area (Å²) in [4.78, 5) is 10.8. The minimum Gasteiger partial charge on any atom is -0.481 e. The van der Waals surface area contributed by atoms with Crippen molar-refractivity contribution in [1.82, 2.24) is 20.2 Å². The molecule has 0 aliphatic rings. The van der Waals surface area contributed by atoms with Gasteiger partial charge in [-0.3, -0.25) is 4.79 Å². The van der Waals surface area contributed by atoms with Crippen LogP contribution in [0.5, 0.6) is 0 Å². The maximum absolute atomic E-state index is 10.8. The third kappa shape index (κ3) is 3.54. The van der Waals surface area contributed by atoms with Gasteiger partial charge in [-0.25, -0.2) is 4.68 Å². The molecule has 0 aliphatic carbocycles. The average molecular weight is 295 g/mol. The van der Waals surface area contributed by atoms with Crippen molar-refractivity contribution < 1.29 is 9.90 Å². The molecule has 20 heavy (non-hydrogen) atoms. The van der Waals surface area contributed by atoms with Crippen LogP contribution in [0.2, 0.25) is 5.02 Å². The molecule has 7 heteroatoms. The summed E-state index contributed by atoms with van der Waals surface area (Å²) < 4.78 is 1.64. The molecule has 0 fully saturated rings. The van der Waals surface area contributed by atoms with Crippen LogP contribution in [0.1, 0.15) is 19.8 Å². The molecule has 0 radical (unpaired) electrons. The lowest BCUT2D eigenvalue weighted by Crippen LogP contribution is -2.16. The Labute approximate surface area is 121 Å². The van der Waals surface area contributed by atoms with Crippen LogP contribution in [0, 0.1) is 5.92 Å². The van der Waals surface area contributed by atoms with Crippen LogP contribution in [0.25, 0.3) is 11.4 Å². The first-order valence-electron chi connectivity index (χ1n) is 6.34. The molecule has 0 spiro atoms. The van der Waals surface area contributed by atoms with E-state index in [4.69, 9.17) is 16.7 Å². The maximum Gasteiger partial charge on any atom is 0.303 e. The van der Waals surface area contributed by atoms with Crippen LogP contribution in [0.15, 0.2) is 24.3 Å². The van der Waals surface area contributed by atoms with Crippen molar-refractivity contribution in [3.8, 4) is 11.4 Å². The summed E-state index contributed by atoms with van der Waals surface area (Å²) in [5.41, 5.74) is 0.851. The first-order valence-corrected chi connectivity index (χ1v) is 6.71. The monoisotopic (exact) mass is 294 g/mol. The molecule has 0 amide bonds. The minimum atomic E-state index is -0.807. The summed E-state index contributed by atoms with van der Waals surface area (Å²) in [5, 5.41) is 21.1. The van der Waals surface area contributed by atoms with Crippen LogP contribution in [-0.2, 0) is 11.3 Å². The molecule has 6 nitrogen and oxygen atoms in total. The molecule has 0 bridgehead atoms. The summed E-state index contributed by atoms with van der Waals surface area (Å²) >= 11 is 5.85. The summed E-state index contributed by atoms with van der Waals surface area (Å²) in [6.45, 7) is 2.44. The highest BCUT2D eigenvalue weighted by molar-refractivity contribution is 6.30. The zero-order valence-corrected chi connectivity index (χ0v) is 11.8. The molecule has 1 aromatic heterocycles. The Kier molecular flexibility index (Phi) is 4.68. The molecule has 2 rings (SSSR count). The number of benzene rings is 1. The average Bonchev–Trinajstić information content (AvgIpc) is 2.86. The van der Waals surface area contributed by atoms with Crippen LogP contribution in [-0.4, -0.2) is 31.3 Å². The summed E-state index contributed by atoms with van der Waals surface area (Å²) in [7, 11) is 0. The number of hydrogen-bond donors (Lipinski definition) is 1. The van der Waals surface area contributed by atoms with Crippen LogP contribution in [0.3, 0.4) is 0 Å². The Morgan fingerprint density at radius 1 is 1.40 bits per heavy atom. The normalized spacial score (nSPS) is 12.3. The minimum absolute atomic E-state index is 0.00190. The van der Waals surface area contributed by atoms with Crippen molar-refractivity contribution in [1.29, 1.82) is 0 Å². The standard InChI is InChI=1S/C13H15ClN4O2/c1-2-9(7-12(19)20)8-18-13(15-16-17-18)10-3-5-11(14)6-4-10/h3-6,9H,2,7-8H2,1H3,(H,19,20). The molecule has 1 heterocycles. The number of carboxylic acids is 1. The summed E-state index contributed by atoms with van der Waals surface area (Å²) in [5.74, 6) is -0.189. The van der Waals surface area contributed by atoms with Gasteiger partial charge in [-0.2, -0.15) is 0 Å². The number of aromatic nitrogens is 4. The van der Waals surface area contributed by atoms with E-state index in [0.717, 1.165) is 12.0 Å². The van der Waals surface area contributed by atoms with Gasteiger partial charge in [0.2, 0.25) is 0 Å². The number of rotatable bonds is 6.